The summed E-state index contributed by atoms with van der Waals surface area (Å²) in [6, 6.07) is 5.80. The lowest BCUT2D eigenvalue weighted by Crippen LogP contribution is -2.33. The van der Waals surface area contributed by atoms with Crippen LogP contribution in [0.15, 0.2) is 24.3 Å². The fraction of sp³-hybridized carbons (Fsp3) is 0.462. The molecule has 5 nitrogen and oxygen atoms in total. The molecule has 0 fully saturated rings. The predicted molar refractivity (Wildman–Crippen MR) is 69.5 cm³/mol. The SMILES string of the molecule is CC(C)CC(C)NC(=O)c1cccc([N+](=O)[O-])c1. The van der Waals surface area contributed by atoms with Gasteiger partial charge in [0.05, 0.1) is 4.92 Å². The topological polar surface area (TPSA) is 72.2 Å². The van der Waals surface area contributed by atoms with Crippen molar-refractivity contribution in [2.45, 2.75) is 33.2 Å². The summed E-state index contributed by atoms with van der Waals surface area (Å²) >= 11 is 0. The van der Waals surface area contributed by atoms with E-state index < -0.39 is 4.92 Å². The monoisotopic (exact) mass is 250 g/mol. The summed E-state index contributed by atoms with van der Waals surface area (Å²) in [4.78, 5) is 22.0. The van der Waals surface area contributed by atoms with Gasteiger partial charge in [0.2, 0.25) is 0 Å². The minimum Gasteiger partial charge on any atom is -0.350 e. The Morgan fingerprint density at radius 3 is 2.61 bits per heavy atom. The van der Waals surface area contributed by atoms with Gasteiger partial charge >= 0.3 is 0 Å². The van der Waals surface area contributed by atoms with Crippen LogP contribution in [-0.2, 0) is 0 Å². The van der Waals surface area contributed by atoms with Crippen LogP contribution in [-0.4, -0.2) is 16.9 Å². The van der Waals surface area contributed by atoms with E-state index in [1.165, 1.54) is 18.2 Å². The van der Waals surface area contributed by atoms with Gasteiger partial charge in [-0.25, -0.2) is 0 Å². The molecule has 0 saturated carbocycles. The Morgan fingerprint density at radius 1 is 1.39 bits per heavy atom. The number of rotatable bonds is 5. The smallest absolute Gasteiger partial charge is 0.270 e. The zero-order valence-corrected chi connectivity index (χ0v) is 10.8. The molecule has 0 heterocycles. The third-order valence-electron chi connectivity index (χ3n) is 2.52. The Kier molecular flexibility index (Phi) is 4.83. The maximum Gasteiger partial charge on any atom is 0.270 e. The molecule has 0 aliphatic rings. The van der Waals surface area contributed by atoms with Gasteiger partial charge in [0.15, 0.2) is 0 Å². The Balaban J connectivity index is 2.72. The summed E-state index contributed by atoms with van der Waals surface area (Å²) in [5.41, 5.74) is 0.249. The highest BCUT2D eigenvalue weighted by Crippen LogP contribution is 2.13. The number of nitrogens with zero attached hydrogens (tertiary/aromatic N) is 1. The molecule has 1 N–H and O–H groups in total. The van der Waals surface area contributed by atoms with Crippen molar-refractivity contribution in [3.8, 4) is 0 Å². The zero-order chi connectivity index (χ0) is 13.7. The van der Waals surface area contributed by atoms with Crippen molar-refractivity contribution in [1.29, 1.82) is 0 Å². The first kappa shape index (κ1) is 14.2. The average molecular weight is 250 g/mol. The third kappa shape index (κ3) is 4.16. The van der Waals surface area contributed by atoms with Crippen molar-refractivity contribution < 1.29 is 9.72 Å². The zero-order valence-electron chi connectivity index (χ0n) is 10.8. The van der Waals surface area contributed by atoms with E-state index in [1.807, 2.05) is 6.92 Å². The van der Waals surface area contributed by atoms with Gasteiger partial charge in [-0.15, -0.1) is 0 Å². The van der Waals surface area contributed by atoms with Crippen LogP contribution in [0.4, 0.5) is 5.69 Å². The molecule has 0 radical (unpaired) electrons. The number of carbonyl (C=O) groups is 1. The summed E-state index contributed by atoms with van der Waals surface area (Å²) in [6.45, 7) is 6.08. The minimum absolute atomic E-state index is 0.0526. The highest BCUT2D eigenvalue weighted by atomic mass is 16.6. The Hall–Kier alpha value is -1.91. The number of amides is 1. The second-order valence-electron chi connectivity index (χ2n) is 4.81. The van der Waals surface area contributed by atoms with E-state index in [1.54, 1.807) is 6.07 Å². The number of nitro benzene ring substituents is 1. The largest absolute Gasteiger partial charge is 0.350 e. The number of nitro groups is 1. The first-order valence-corrected chi connectivity index (χ1v) is 5.95. The van der Waals surface area contributed by atoms with E-state index in [-0.39, 0.29) is 17.6 Å². The molecule has 1 aromatic rings. The molecule has 18 heavy (non-hydrogen) atoms. The summed E-state index contributed by atoms with van der Waals surface area (Å²) in [6.07, 6.45) is 0.876. The van der Waals surface area contributed by atoms with Crippen LogP contribution >= 0.6 is 0 Å². The summed E-state index contributed by atoms with van der Waals surface area (Å²) in [5.74, 6) is 0.220. The lowest BCUT2D eigenvalue weighted by molar-refractivity contribution is -0.384. The molecule has 1 unspecified atom stereocenters. The Bertz CT molecular complexity index is 444. The Morgan fingerprint density at radius 2 is 2.06 bits per heavy atom. The number of nitrogens with one attached hydrogen (secondary N) is 1. The molecule has 1 aromatic carbocycles. The normalized spacial score (nSPS) is 12.2. The van der Waals surface area contributed by atoms with Crippen LogP contribution in [0.5, 0.6) is 0 Å². The van der Waals surface area contributed by atoms with Gasteiger partial charge in [-0.2, -0.15) is 0 Å². The van der Waals surface area contributed by atoms with E-state index in [4.69, 9.17) is 0 Å². The first-order chi connectivity index (χ1) is 8.40. The number of hydrogen-bond acceptors (Lipinski definition) is 3. The maximum atomic E-state index is 11.9. The quantitative estimate of drug-likeness (QED) is 0.645. The summed E-state index contributed by atoms with van der Waals surface area (Å²) in [7, 11) is 0. The molecule has 0 aliphatic carbocycles. The highest BCUT2D eigenvalue weighted by molar-refractivity contribution is 5.94. The van der Waals surface area contributed by atoms with Gasteiger partial charge in [0.25, 0.3) is 11.6 Å². The van der Waals surface area contributed by atoms with Crippen LogP contribution in [0.2, 0.25) is 0 Å². The van der Waals surface area contributed by atoms with Gasteiger partial charge in [-0.3, -0.25) is 14.9 Å². The van der Waals surface area contributed by atoms with E-state index in [0.29, 0.717) is 11.5 Å². The van der Waals surface area contributed by atoms with Gasteiger partial charge in [-0.1, -0.05) is 19.9 Å². The van der Waals surface area contributed by atoms with E-state index in [0.717, 1.165) is 6.42 Å². The molecule has 1 amide bonds. The van der Waals surface area contributed by atoms with Gasteiger partial charge in [0, 0.05) is 23.7 Å². The molecule has 0 spiro atoms. The molecular weight excluding hydrogens is 232 g/mol. The van der Waals surface area contributed by atoms with Gasteiger partial charge < -0.3 is 5.32 Å². The van der Waals surface area contributed by atoms with Gasteiger partial charge in [-0.05, 0) is 25.3 Å². The number of non-ortho nitro benzene ring substituents is 1. The molecule has 0 aliphatic heterocycles. The number of hydrogen-bond donors (Lipinski definition) is 1. The van der Waals surface area contributed by atoms with Crippen molar-refractivity contribution in [3.63, 3.8) is 0 Å². The van der Waals surface area contributed by atoms with Crippen molar-refractivity contribution in [2.24, 2.45) is 5.92 Å². The molecule has 98 valence electrons. The van der Waals surface area contributed by atoms with Crippen molar-refractivity contribution in [2.75, 3.05) is 0 Å². The fourth-order valence-electron chi connectivity index (χ4n) is 1.83. The lowest BCUT2D eigenvalue weighted by atomic mass is 10.0. The Labute approximate surface area is 106 Å². The van der Waals surface area contributed by atoms with Crippen LogP contribution in [0.3, 0.4) is 0 Å². The van der Waals surface area contributed by atoms with Crippen molar-refractivity contribution >= 4 is 11.6 Å². The van der Waals surface area contributed by atoms with E-state index in [9.17, 15) is 14.9 Å². The molecular formula is C13H18N2O3. The maximum absolute atomic E-state index is 11.9. The average Bonchev–Trinajstić information content (AvgIpc) is 2.27. The second-order valence-corrected chi connectivity index (χ2v) is 4.81. The van der Waals surface area contributed by atoms with E-state index >= 15 is 0 Å². The third-order valence-corrected chi connectivity index (χ3v) is 2.52. The predicted octanol–water partition coefficient (Wildman–Crippen LogP) is 2.76. The number of benzene rings is 1. The first-order valence-electron chi connectivity index (χ1n) is 5.95. The highest BCUT2D eigenvalue weighted by Gasteiger charge is 2.14. The van der Waals surface area contributed by atoms with Crippen LogP contribution in [0, 0.1) is 16.0 Å². The van der Waals surface area contributed by atoms with Crippen LogP contribution < -0.4 is 5.32 Å². The molecule has 0 saturated heterocycles. The molecule has 5 heteroatoms. The molecule has 0 aromatic heterocycles. The van der Waals surface area contributed by atoms with E-state index in [2.05, 4.69) is 19.2 Å². The van der Waals surface area contributed by atoms with Crippen molar-refractivity contribution in [1.82, 2.24) is 5.32 Å². The van der Waals surface area contributed by atoms with Crippen LogP contribution in [0.25, 0.3) is 0 Å². The summed E-state index contributed by atoms with van der Waals surface area (Å²) in [5, 5.41) is 13.4. The van der Waals surface area contributed by atoms with Crippen LogP contribution in [0.1, 0.15) is 37.6 Å². The molecule has 1 atom stereocenters. The number of carbonyl (C=O) groups excluding carboxylic acids is 1. The standard InChI is InChI=1S/C13H18N2O3/c1-9(2)7-10(3)14-13(16)11-5-4-6-12(8-11)15(17)18/h4-6,8-10H,7H2,1-3H3,(H,14,16). The molecule has 0 bridgehead atoms. The second kappa shape index (κ2) is 6.14. The fourth-order valence-corrected chi connectivity index (χ4v) is 1.83. The van der Waals surface area contributed by atoms with Gasteiger partial charge in [0.1, 0.15) is 0 Å². The van der Waals surface area contributed by atoms with Crippen molar-refractivity contribution in [3.05, 3.63) is 39.9 Å². The minimum atomic E-state index is -0.506. The lowest BCUT2D eigenvalue weighted by Gasteiger charge is -2.15. The summed E-state index contributed by atoms with van der Waals surface area (Å²) < 4.78 is 0. The molecule has 1 rings (SSSR count).